The number of piperidine rings is 1. The second-order valence-corrected chi connectivity index (χ2v) is 9.42. The standard InChI is InChI=1S/C28H30FN3O2/c29-23-8-10-24(11-9-23)32-15-12-20(19-32)18-30-27(33)22-13-16-31(17-14-22)28(34)26-7-3-5-21-4-1-2-6-25(21)26/h1-11,20,22H,12-19H2,(H,30,33). The van der Waals surface area contributed by atoms with Crippen LogP contribution < -0.4 is 10.2 Å². The molecule has 1 unspecified atom stereocenters. The Kier molecular flexibility index (Phi) is 6.48. The molecule has 0 aromatic heterocycles. The first kappa shape index (κ1) is 22.4. The smallest absolute Gasteiger partial charge is 0.254 e. The molecule has 34 heavy (non-hydrogen) atoms. The summed E-state index contributed by atoms with van der Waals surface area (Å²) in [5, 5.41) is 5.18. The van der Waals surface area contributed by atoms with Gasteiger partial charge >= 0.3 is 0 Å². The molecule has 3 aromatic rings. The summed E-state index contributed by atoms with van der Waals surface area (Å²) in [5.41, 5.74) is 1.76. The normalized spacial score (nSPS) is 18.9. The molecule has 0 aliphatic carbocycles. The van der Waals surface area contributed by atoms with Crippen molar-refractivity contribution in [1.29, 1.82) is 0 Å². The number of carbonyl (C=O) groups excluding carboxylic acids is 2. The minimum Gasteiger partial charge on any atom is -0.371 e. The van der Waals surface area contributed by atoms with Crippen LogP contribution in [0.25, 0.3) is 10.8 Å². The average molecular weight is 460 g/mol. The van der Waals surface area contributed by atoms with Crippen LogP contribution in [0, 0.1) is 17.7 Å². The van der Waals surface area contributed by atoms with Crippen molar-refractivity contribution in [2.75, 3.05) is 37.6 Å². The maximum absolute atomic E-state index is 13.2. The van der Waals surface area contributed by atoms with E-state index in [1.807, 2.05) is 59.5 Å². The maximum atomic E-state index is 13.2. The number of nitrogens with zero attached hydrogens (tertiary/aromatic N) is 2. The number of hydrogen-bond acceptors (Lipinski definition) is 3. The maximum Gasteiger partial charge on any atom is 0.254 e. The van der Waals surface area contributed by atoms with Crippen LogP contribution in [0.3, 0.4) is 0 Å². The Morgan fingerprint density at radius 1 is 0.882 bits per heavy atom. The van der Waals surface area contributed by atoms with E-state index >= 15 is 0 Å². The van der Waals surface area contributed by atoms with Gasteiger partial charge in [-0.25, -0.2) is 4.39 Å². The zero-order valence-electron chi connectivity index (χ0n) is 19.3. The van der Waals surface area contributed by atoms with E-state index in [-0.39, 0.29) is 23.5 Å². The second-order valence-electron chi connectivity index (χ2n) is 9.42. The van der Waals surface area contributed by atoms with E-state index in [4.69, 9.17) is 0 Å². The van der Waals surface area contributed by atoms with Crippen molar-refractivity contribution in [3.63, 3.8) is 0 Å². The molecule has 2 aliphatic heterocycles. The Morgan fingerprint density at radius 2 is 1.62 bits per heavy atom. The first-order valence-corrected chi connectivity index (χ1v) is 12.1. The molecule has 0 radical (unpaired) electrons. The van der Waals surface area contributed by atoms with Crippen LogP contribution in [0.15, 0.2) is 66.7 Å². The molecular formula is C28H30FN3O2. The lowest BCUT2D eigenvalue weighted by molar-refractivity contribution is -0.126. The molecule has 5 nitrogen and oxygen atoms in total. The van der Waals surface area contributed by atoms with Crippen molar-refractivity contribution in [2.45, 2.75) is 19.3 Å². The molecule has 2 amide bonds. The third kappa shape index (κ3) is 4.76. The fourth-order valence-electron chi connectivity index (χ4n) is 5.20. The number of rotatable bonds is 5. The third-order valence-corrected chi connectivity index (χ3v) is 7.22. The molecule has 3 aromatic carbocycles. The Labute approximate surface area is 199 Å². The molecule has 0 spiro atoms. The molecule has 2 fully saturated rings. The highest BCUT2D eigenvalue weighted by molar-refractivity contribution is 6.07. The van der Waals surface area contributed by atoms with Crippen molar-refractivity contribution in [3.05, 3.63) is 78.1 Å². The number of fused-ring (bicyclic) bond motifs is 1. The van der Waals surface area contributed by atoms with Gasteiger partial charge in [-0.1, -0.05) is 36.4 Å². The van der Waals surface area contributed by atoms with Gasteiger partial charge in [-0.15, -0.1) is 0 Å². The predicted octanol–water partition coefficient (Wildman–Crippen LogP) is 4.47. The molecule has 1 N–H and O–H groups in total. The summed E-state index contributed by atoms with van der Waals surface area (Å²) in [6.45, 7) is 3.64. The first-order chi connectivity index (χ1) is 16.6. The van der Waals surface area contributed by atoms with Gasteiger partial charge in [-0.3, -0.25) is 9.59 Å². The highest BCUT2D eigenvalue weighted by Gasteiger charge is 2.29. The van der Waals surface area contributed by atoms with E-state index in [0.717, 1.165) is 41.5 Å². The number of benzene rings is 3. The summed E-state index contributed by atoms with van der Waals surface area (Å²) in [6, 6.07) is 20.4. The van der Waals surface area contributed by atoms with Gasteiger partial charge in [0.2, 0.25) is 5.91 Å². The number of hydrogen-bond donors (Lipinski definition) is 1. The van der Waals surface area contributed by atoms with Crippen molar-refractivity contribution in [3.8, 4) is 0 Å². The van der Waals surface area contributed by atoms with Gasteiger partial charge in [0.25, 0.3) is 5.91 Å². The molecule has 2 heterocycles. The lowest BCUT2D eigenvalue weighted by atomic mass is 9.94. The Bertz CT molecular complexity index is 1170. The summed E-state index contributed by atoms with van der Waals surface area (Å²) in [7, 11) is 0. The molecule has 6 heteroatoms. The SMILES string of the molecule is O=C(NCC1CCN(c2ccc(F)cc2)C1)C1CCN(C(=O)c2cccc3ccccc23)CC1. The lowest BCUT2D eigenvalue weighted by Crippen LogP contribution is -2.44. The van der Waals surface area contributed by atoms with Gasteiger partial charge in [-0.2, -0.15) is 0 Å². The van der Waals surface area contributed by atoms with E-state index in [0.29, 0.717) is 38.4 Å². The zero-order chi connectivity index (χ0) is 23.5. The lowest BCUT2D eigenvalue weighted by Gasteiger charge is -2.32. The van der Waals surface area contributed by atoms with E-state index in [1.165, 1.54) is 12.1 Å². The molecule has 176 valence electrons. The summed E-state index contributed by atoms with van der Waals surface area (Å²) in [4.78, 5) is 30.1. The highest BCUT2D eigenvalue weighted by Crippen LogP contribution is 2.25. The van der Waals surface area contributed by atoms with E-state index < -0.39 is 0 Å². The molecule has 0 saturated carbocycles. The Morgan fingerprint density at radius 3 is 2.41 bits per heavy atom. The van der Waals surface area contributed by atoms with Gasteiger partial charge in [0.15, 0.2) is 0 Å². The second kappa shape index (κ2) is 9.84. The molecule has 2 saturated heterocycles. The van der Waals surface area contributed by atoms with E-state index in [2.05, 4.69) is 10.2 Å². The summed E-state index contributed by atoms with van der Waals surface area (Å²) in [5.74, 6) is 0.254. The van der Waals surface area contributed by atoms with Crippen LogP contribution in [0.5, 0.6) is 0 Å². The van der Waals surface area contributed by atoms with Crippen molar-refractivity contribution >= 4 is 28.3 Å². The van der Waals surface area contributed by atoms with Crippen LogP contribution in [-0.2, 0) is 4.79 Å². The number of amides is 2. The van der Waals surface area contributed by atoms with Gasteiger partial charge in [-0.05, 0) is 66.3 Å². The van der Waals surface area contributed by atoms with Crippen LogP contribution in [-0.4, -0.2) is 49.4 Å². The van der Waals surface area contributed by atoms with Crippen molar-refractivity contribution in [2.24, 2.45) is 11.8 Å². The first-order valence-electron chi connectivity index (χ1n) is 12.1. The van der Waals surface area contributed by atoms with E-state index in [1.54, 1.807) is 0 Å². The van der Waals surface area contributed by atoms with Gasteiger partial charge < -0.3 is 15.1 Å². The fourth-order valence-corrected chi connectivity index (χ4v) is 5.20. The van der Waals surface area contributed by atoms with Crippen molar-refractivity contribution < 1.29 is 14.0 Å². The molecule has 5 rings (SSSR count). The molecule has 1 atom stereocenters. The van der Waals surface area contributed by atoms with Crippen LogP contribution >= 0.6 is 0 Å². The number of anilines is 1. The average Bonchev–Trinajstić information content (AvgIpc) is 3.36. The number of likely N-dealkylation sites (tertiary alicyclic amines) is 1. The zero-order valence-corrected chi connectivity index (χ0v) is 19.3. The Balaban J connectivity index is 1.10. The van der Waals surface area contributed by atoms with Gasteiger partial charge in [0, 0.05) is 49.9 Å². The summed E-state index contributed by atoms with van der Waals surface area (Å²) in [6.07, 6.45) is 2.39. The van der Waals surface area contributed by atoms with Crippen LogP contribution in [0.4, 0.5) is 10.1 Å². The topological polar surface area (TPSA) is 52.7 Å². The number of carbonyl (C=O) groups is 2. The van der Waals surface area contributed by atoms with Crippen LogP contribution in [0.2, 0.25) is 0 Å². The summed E-state index contributed by atoms with van der Waals surface area (Å²) < 4.78 is 13.2. The van der Waals surface area contributed by atoms with Gasteiger partial charge in [0.05, 0.1) is 0 Å². The quantitative estimate of drug-likeness (QED) is 0.612. The van der Waals surface area contributed by atoms with Crippen LogP contribution in [0.1, 0.15) is 29.6 Å². The minimum atomic E-state index is -0.225. The Hall–Kier alpha value is -3.41. The molecule has 0 bridgehead atoms. The number of nitrogens with one attached hydrogen (secondary N) is 1. The monoisotopic (exact) mass is 459 g/mol. The highest BCUT2D eigenvalue weighted by atomic mass is 19.1. The van der Waals surface area contributed by atoms with E-state index in [9.17, 15) is 14.0 Å². The van der Waals surface area contributed by atoms with Gasteiger partial charge in [0.1, 0.15) is 5.82 Å². The molecule has 2 aliphatic rings. The largest absolute Gasteiger partial charge is 0.371 e. The number of halogens is 1. The molecular weight excluding hydrogens is 429 g/mol. The fraction of sp³-hybridized carbons (Fsp3) is 0.357. The summed E-state index contributed by atoms with van der Waals surface area (Å²) >= 11 is 0. The minimum absolute atomic E-state index is 0.0440. The van der Waals surface area contributed by atoms with Crippen molar-refractivity contribution in [1.82, 2.24) is 10.2 Å². The predicted molar refractivity (Wildman–Crippen MR) is 132 cm³/mol. The third-order valence-electron chi connectivity index (χ3n) is 7.22.